The molecule has 1 fully saturated rings. The molecular formula is C22H22N4O2. The van der Waals surface area contributed by atoms with E-state index >= 15 is 0 Å². The van der Waals surface area contributed by atoms with Crippen LogP contribution in [-0.4, -0.2) is 59.8 Å². The van der Waals surface area contributed by atoms with Crippen molar-refractivity contribution in [1.29, 1.82) is 0 Å². The lowest BCUT2D eigenvalue weighted by Crippen LogP contribution is -2.47. The molecule has 4 rings (SSSR count). The van der Waals surface area contributed by atoms with Crippen LogP contribution in [0.15, 0.2) is 60.8 Å². The van der Waals surface area contributed by atoms with E-state index in [0.29, 0.717) is 35.4 Å². The Morgan fingerprint density at radius 3 is 2.43 bits per heavy atom. The molecule has 0 aliphatic carbocycles. The van der Waals surface area contributed by atoms with Crippen molar-refractivity contribution >= 4 is 28.4 Å². The van der Waals surface area contributed by atoms with Gasteiger partial charge >= 0.3 is 0 Å². The number of anilines is 1. The first-order valence-corrected chi connectivity index (χ1v) is 9.35. The molecule has 2 heterocycles. The molecule has 1 N–H and O–H groups in total. The van der Waals surface area contributed by atoms with E-state index in [1.165, 1.54) is 0 Å². The Balaban J connectivity index is 1.60. The van der Waals surface area contributed by atoms with Gasteiger partial charge in [0.25, 0.3) is 11.8 Å². The third-order valence-corrected chi connectivity index (χ3v) is 5.07. The highest BCUT2D eigenvalue weighted by Gasteiger charge is 2.23. The number of rotatable bonds is 3. The summed E-state index contributed by atoms with van der Waals surface area (Å²) in [5, 5.41) is 3.81. The number of hydrogen-bond acceptors (Lipinski definition) is 4. The standard InChI is InChI=1S/C22H22N4O2/c1-25-12-14-26(15-13-25)22(28)17-8-2-3-10-19(17)24-21(27)18-9-4-6-16-7-5-11-23-20(16)18/h2-11H,12-15H2,1H3,(H,24,27). The number of aromatic nitrogens is 1. The van der Waals surface area contributed by atoms with Crippen LogP contribution < -0.4 is 5.32 Å². The van der Waals surface area contributed by atoms with Crippen LogP contribution in [0.1, 0.15) is 20.7 Å². The fraction of sp³-hybridized carbons (Fsp3) is 0.227. The van der Waals surface area contributed by atoms with Crippen molar-refractivity contribution in [2.75, 3.05) is 38.5 Å². The van der Waals surface area contributed by atoms with Crippen LogP contribution in [0.5, 0.6) is 0 Å². The molecule has 0 radical (unpaired) electrons. The number of pyridine rings is 1. The normalized spacial score (nSPS) is 14.8. The molecule has 0 spiro atoms. The molecule has 1 aromatic heterocycles. The van der Waals surface area contributed by atoms with E-state index in [1.807, 2.05) is 48.3 Å². The minimum absolute atomic E-state index is 0.0555. The molecule has 28 heavy (non-hydrogen) atoms. The second-order valence-electron chi connectivity index (χ2n) is 6.98. The fourth-order valence-corrected chi connectivity index (χ4v) is 3.44. The Morgan fingerprint density at radius 2 is 1.61 bits per heavy atom. The smallest absolute Gasteiger partial charge is 0.257 e. The van der Waals surface area contributed by atoms with Gasteiger partial charge in [-0.25, -0.2) is 0 Å². The quantitative estimate of drug-likeness (QED) is 0.766. The van der Waals surface area contributed by atoms with Gasteiger partial charge < -0.3 is 15.1 Å². The Kier molecular flexibility index (Phi) is 5.04. The predicted octanol–water partition coefficient (Wildman–Crippen LogP) is 2.87. The topological polar surface area (TPSA) is 65.5 Å². The summed E-state index contributed by atoms with van der Waals surface area (Å²) in [5.41, 5.74) is 2.16. The van der Waals surface area contributed by atoms with Crippen molar-refractivity contribution in [1.82, 2.24) is 14.8 Å². The number of nitrogens with one attached hydrogen (secondary N) is 1. The Morgan fingerprint density at radius 1 is 0.893 bits per heavy atom. The molecule has 142 valence electrons. The minimum atomic E-state index is -0.275. The zero-order valence-electron chi connectivity index (χ0n) is 15.8. The van der Waals surface area contributed by atoms with Crippen LogP contribution in [0.3, 0.4) is 0 Å². The first-order chi connectivity index (χ1) is 13.6. The third kappa shape index (κ3) is 3.59. The summed E-state index contributed by atoms with van der Waals surface area (Å²) in [5.74, 6) is -0.331. The van der Waals surface area contributed by atoms with Crippen LogP contribution in [0.2, 0.25) is 0 Å². The molecule has 3 aromatic rings. The number of nitrogens with zero attached hydrogens (tertiary/aromatic N) is 3. The van der Waals surface area contributed by atoms with Crippen LogP contribution in [-0.2, 0) is 0 Å². The van der Waals surface area contributed by atoms with Gasteiger partial charge in [0.05, 0.1) is 22.3 Å². The van der Waals surface area contributed by atoms with E-state index in [9.17, 15) is 9.59 Å². The van der Waals surface area contributed by atoms with E-state index in [-0.39, 0.29) is 11.8 Å². The summed E-state index contributed by atoms with van der Waals surface area (Å²) in [6.45, 7) is 3.07. The molecule has 6 heteroatoms. The first-order valence-electron chi connectivity index (χ1n) is 9.35. The first kappa shape index (κ1) is 18.1. The molecule has 2 amide bonds. The van der Waals surface area contributed by atoms with E-state index in [1.54, 1.807) is 24.4 Å². The summed E-state index contributed by atoms with van der Waals surface area (Å²) in [6, 6.07) is 16.4. The van der Waals surface area contributed by atoms with Gasteiger partial charge in [0.15, 0.2) is 0 Å². The lowest BCUT2D eigenvalue weighted by Gasteiger charge is -2.32. The van der Waals surface area contributed by atoms with Crippen molar-refractivity contribution in [3.8, 4) is 0 Å². The van der Waals surface area contributed by atoms with E-state index < -0.39 is 0 Å². The van der Waals surface area contributed by atoms with Crippen LogP contribution in [0.25, 0.3) is 10.9 Å². The zero-order chi connectivity index (χ0) is 19.5. The highest BCUT2D eigenvalue weighted by atomic mass is 16.2. The summed E-state index contributed by atoms with van der Waals surface area (Å²) >= 11 is 0. The van der Waals surface area contributed by atoms with Gasteiger partial charge in [0.1, 0.15) is 0 Å². The maximum atomic E-state index is 13.0. The van der Waals surface area contributed by atoms with Gasteiger partial charge in [-0.1, -0.05) is 30.3 Å². The van der Waals surface area contributed by atoms with E-state index in [2.05, 4.69) is 15.2 Å². The molecular weight excluding hydrogens is 352 g/mol. The molecule has 0 unspecified atom stereocenters. The zero-order valence-corrected chi connectivity index (χ0v) is 15.8. The molecule has 0 atom stereocenters. The van der Waals surface area contributed by atoms with Gasteiger partial charge in [0.2, 0.25) is 0 Å². The number of hydrogen-bond donors (Lipinski definition) is 1. The van der Waals surface area contributed by atoms with Crippen molar-refractivity contribution in [2.24, 2.45) is 0 Å². The summed E-state index contributed by atoms with van der Waals surface area (Å²) in [4.78, 5) is 34.3. The van der Waals surface area contributed by atoms with E-state index in [0.717, 1.165) is 18.5 Å². The van der Waals surface area contributed by atoms with Crippen molar-refractivity contribution < 1.29 is 9.59 Å². The third-order valence-electron chi connectivity index (χ3n) is 5.07. The maximum Gasteiger partial charge on any atom is 0.257 e. The monoisotopic (exact) mass is 374 g/mol. The SMILES string of the molecule is CN1CCN(C(=O)c2ccccc2NC(=O)c2cccc3cccnc23)CC1. The van der Waals surface area contributed by atoms with Gasteiger partial charge in [-0.2, -0.15) is 0 Å². The van der Waals surface area contributed by atoms with Crippen LogP contribution in [0, 0.1) is 0 Å². The number of benzene rings is 2. The van der Waals surface area contributed by atoms with Crippen molar-refractivity contribution in [3.63, 3.8) is 0 Å². The van der Waals surface area contributed by atoms with Gasteiger partial charge in [-0.05, 0) is 31.3 Å². The highest BCUT2D eigenvalue weighted by Crippen LogP contribution is 2.21. The number of piperazine rings is 1. The fourth-order valence-electron chi connectivity index (χ4n) is 3.44. The molecule has 0 saturated carbocycles. The highest BCUT2D eigenvalue weighted by molar-refractivity contribution is 6.14. The number of carbonyl (C=O) groups excluding carboxylic acids is 2. The number of amides is 2. The van der Waals surface area contributed by atoms with Gasteiger partial charge in [0, 0.05) is 37.8 Å². The average molecular weight is 374 g/mol. The molecule has 0 bridgehead atoms. The summed E-state index contributed by atoms with van der Waals surface area (Å²) in [6.07, 6.45) is 1.67. The van der Waals surface area contributed by atoms with Gasteiger partial charge in [-0.15, -0.1) is 0 Å². The predicted molar refractivity (Wildman–Crippen MR) is 110 cm³/mol. The molecule has 6 nitrogen and oxygen atoms in total. The Labute approximate surface area is 163 Å². The maximum absolute atomic E-state index is 13.0. The average Bonchev–Trinajstić information content (AvgIpc) is 2.74. The molecule has 2 aromatic carbocycles. The molecule has 1 saturated heterocycles. The largest absolute Gasteiger partial charge is 0.336 e. The second kappa shape index (κ2) is 7.78. The number of para-hydroxylation sites is 2. The van der Waals surface area contributed by atoms with Crippen LogP contribution >= 0.6 is 0 Å². The Bertz CT molecular complexity index is 1020. The summed E-state index contributed by atoms with van der Waals surface area (Å²) < 4.78 is 0. The van der Waals surface area contributed by atoms with Crippen molar-refractivity contribution in [3.05, 3.63) is 71.9 Å². The lowest BCUT2D eigenvalue weighted by atomic mass is 10.1. The number of fused-ring (bicyclic) bond motifs is 1. The second-order valence-corrected chi connectivity index (χ2v) is 6.98. The van der Waals surface area contributed by atoms with E-state index in [4.69, 9.17) is 0 Å². The lowest BCUT2D eigenvalue weighted by molar-refractivity contribution is 0.0665. The number of likely N-dealkylation sites (N-methyl/N-ethyl adjacent to an activating group) is 1. The molecule has 1 aliphatic heterocycles. The van der Waals surface area contributed by atoms with Crippen LogP contribution in [0.4, 0.5) is 5.69 Å². The van der Waals surface area contributed by atoms with Gasteiger partial charge in [-0.3, -0.25) is 14.6 Å². The number of carbonyl (C=O) groups is 2. The summed E-state index contributed by atoms with van der Waals surface area (Å²) in [7, 11) is 2.05. The molecule has 1 aliphatic rings. The Hall–Kier alpha value is -3.25. The van der Waals surface area contributed by atoms with Crippen molar-refractivity contribution in [2.45, 2.75) is 0 Å². The minimum Gasteiger partial charge on any atom is -0.336 e.